The topological polar surface area (TPSA) is 17.1 Å². The van der Waals surface area contributed by atoms with Crippen molar-refractivity contribution in [3.05, 3.63) is 33.7 Å². The van der Waals surface area contributed by atoms with Crippen LogP contribution in [0.15, 0.2) is 18.2 Å². The number of thiophene rings is 1. The molecule has 0 atom stereocenters. The van der Waals surface area contributed by atoms with E-state index in [-0.39, 0.29) is 16.5 Å². The van der Waals surface area contributed by atoms with Crippen LogP contribution in [0.25, 0.3) is 10.1 Å². The highest BCUT2D eigenvalue weighted by molar-refractivity contribution is 7.20. The van der Waals surface area contributed by atoms with Gasteiger partial charge in [0.05, 0.1) is 10.4 Å². The van der Waals surface area contributed by atoms with Crippen LogP contribution < -0.4 is 0 Å². The molecule has 0 bridgehead atoms. The minimum absolute atomic E-state index is 0.0176. The lowest BCUT2D eigenvalue weighted by molar-refractivity contribution is -0.136. The third-order valence-electron chi connectivity index (χ3n) is 2.07. The van der Waals surface area contributed by atoms with Crippen molar-refractivity contribution < 1.29 is 18.0 Å². The van der Waals surface area contributed by atoms with Gasteiger partial charge in [-0.2, -0.15) is 13.2 Å². The van der Waals surface area contributed by atoms with E-state index >= 15 is 0 Å². The lowest BCUT2D eigenvalue weighted by Crippen LogP contribution is -2.06. The Morgan fingerprint density at radius 2 is 2.00 bits per heavy atom. The predicted octanol–water partition coefficient (Wildman–Crippen LogP) is 4.39. The lowest BCUT2D eigenvalue weighted by atomic mass is 10.1. The first-order valence-electron chi connectivity index (χ1n) is 4.18. The number of carbonyl (C=O) groups is 1. The average molecular weight is 265 g/mol. The van der Waals surface area contributed by atoms with Crippen LogP contribution in [0.2, 0.25) is 5.02 Å². The summed E-state index contributed by atoms with van der Waals surface area (Å²) < 4.78 is 38.5. The summed E-state index contributed by atoms with van der Waals surface area (Å²) >= 11 is 6.47. The van der Waals surface area contributed by atoms with Gasteiger partial charge in [0.25, 0.3) is 0 Å². The van der Waals surface area contributed by atoms with Crippen LogP contribution in [0.4, 0.5) is 13.2 Å². The van der Waals surface area contributed by atoms with Crippen molar-refractivity contribution in [2.45, 2.75) is 6.18 Å². The van der Waals surface area contributed by atoms with Crippen LogP contribution in [-0.4, -0.2) is 6.29 Å². The van der Waals surface area contributed by atoms with Gasteiger partial charge in [-0.1, -0.05) is 17.7 Å². The molecule has 0 saturated carbocycles. The first kappa shape index (κ1) is 11.4. The Hall–Kier alpha value is -1.07. The molecule has 2 aromatic rings. The van der Waals surface area contributed by atoms with Gasteiger partial charge >= 0.3 is 6.18 Å². The summed E-state index contributed by atoms with van der Waals surface area (Å²) in [5.41, 5.74) is -0.876. The van der Waals surface area contributed by atoms with Crippen molar-refractivity contribution >= 4 is 39.3 Å². The van der Waals surface area contributed by atoms with Gasteiger partial charge in [0.2, 0.25) is 0 Å². The van der Waals surface area contributed by atoms with Crippen LogP contribution in [0, 0.1) is 0 Å². The lowest BCUT2D eigenvalue weighted by Gasteiger charge is -2.05. The van der Waals surface area contributed by atoms with E-state index in [0.29, 0.717) is 9.72 Å². The highest BCUT2D eigenvalue weighted by Crippen LogP contribution is 2.42. The molecule has 0 saturated heterocycles. The molecule has 0 spiro atoms. The van der Waals surface area contributed by atoms with Gasteiger partial charge in [-0.3, -0.25) is 4.79 Å². The maximum Gasteiger partial charge on any atom is 0.418 e. The zero-order valence-electron chi connectivity index (χ0n) is 7.64. The van der Waals surface area contributed by atoms with E-state index < -0.39 is 11.7 Å². The molecule has 0 N–H and O–H groups in total. The summed E-state index contributed by atoms with van der Waals surface area (Å²) in [6.45, 7) is 0. The van der Waals surface area contributed by atoms with Gasteiger partial charge in [-0.15, -0.1) is 11.3 Å². The number of benzene rings is 1. The van der Waals surface area contributed by atoms with Crippen molar-refractivity contribution in [1.29, 1.82) is 0 Å². The van der Waals surface area contributed by atoms with Crippen LogP contribution in [0.5, 0.6) is 0 Å². The maximum atomic E-state index is 12.7. The van der Waals surface area contributed by atoms with E-state index in [1.54, 1.807) is 0 Å². The molecule has 0 amide bonds. The van der Waals surface area contributed by atoms with E-state index in [4.69, 9.17) is 11.6 Å². The normalized spacial score (nSPS) is 12.0. The standard InChI is InChI=1S/C10H4ClF3OS/c11-5-1-2-6-7(3-5)16-8(4-15)9(6)10(12,13)14/h1-4H. The molecule has 6 heteroatoms. The predicted molar refractivity (Wildman–Crippen MR) is 57.2 cm³/mol. The summed E-state index contributed by atoms with van der Waals surface area (Å²) in [5, 5.41) is 0.365. The van der Waals surface area contributed by atoms with Crippen LogP contribution >= 0.6 is 22.9 Å². The summed E-state index contributed by atoms with van der Waals surface area (Å²) in [4.78, 5) is 10.3. The molecule has 0 fully saturated rings. The van der Waals surface area contributed by atoms with Crippen LogP contribution in [0.3, 0.4) is 0 Å². The molecule has 1 aromatic carbocycles. The highest BCUT2D eigenvalue weighted by Gasteiger charge is 2.37. The molecule has 0 aliphatic carbocycles. The average Bonchev–Trinajstić information content (AvgIpc) is 2.54. The molecule has 1 nitrogen and oxygen atoms in total. The van der Waals surface area contributed by atoms with Crippen molar-refractivity contribution in [2.24, 2.45) is 0 Å². The molecule has 84 valence electrons. The number of rotatable bonds is 1. The van der Waals surface area contributed by atoms with Crippen molar-refractivity contribution in [2.75, 3.05) is 0 Å². The fourth-order valence-electron chi connectivity index (χ4n) is 1.46. The zero-order chi connectivity index (χ0) is 11.9. The molecule has 0 aliphatic rings. The Labute approximate surface area is 97.4 Å². The molecule has 16 heavy (non-hydrogen) atoms. The first-order valence-corrected chi connectivity index (χ1v) is 5.37. The smallest absolute Gasteiger partial charge is 0.297 e. The second-order valence-corrected chi connectivity index (χ2v) is 4.62. The first-order chi connectivity index (χ1) is 7.43. The van der Waals surface area contributed by atoms with E-state index in [0.717, 1.165) is 11.3 Å². The molecular formula is C10H4ClF3OS. The number of carbonyl (C=O) groups excluding carboxylic acids is 1. The van der Waals surface area contributed by atoms with Crippen LogP contribution in [0.1, 0.15) is 15.2 Å². The third-order valence-corrected chi connectivity index (χ3v) is 3.38. The zero-order valence-corrected chi connectivity index (χ0v) is 9.21. The number of hydrogen-bond donors (Lipinski definition) is 0. The van der Waals surface area contributed by atoms with E-state index in [9.17, 15) is 18.0 Å². The Kier molecular flexibility index (Phi) is 2.67. The largest absolute Gasteiger partial charge is 0.418 e. The molecular weight excluding hydrogens is 261 g/mol. The Bertz CT molecular complexity index is 559. The molecule has 0 radical (unpaired) electrons. The monoisotopic (exact) mass is 264 g/mol. The Morgan fingerprint density at radius 1 is 1.31 bits per heavy atom. The fraction of sp³-hybridized carbons (Fsp3) is 0.100. The van der Waals surface area contributed by atoms with E-state index in [1.165, 1.54) is 18.2 Å². The number of halogens is 4. The maximum absolute atomic E-state index is 12.7. The third kappa shape index (κ3) is 1.81. The summed E-state index contributed by atoms with van der Waals surface area (Å²) in [7, 11) is 0. The molecule has 2 rings (SSSR count). The van der Waals surface area contributed by atoms with Gasteiger partial charge in [0.1, 0.15) is 0 Å². The fourth-order valence-corrected chi connectivity index (χ4v) is 2.78. The number of aldehydes is 1. The molecule has 0 unspecified atom stereocenters. The van der Waals surface area contributed by atoms with Gasteiger partial charge in [0, 0.05) is 15.1 Å². The van der Waals surface area contributed by atoms with E-state index in [1.807, 2.05) is 0 Å². The minimum Gasteiger partial charge on any atom is -0.297 e. The van der Waals surface area contributed by atoms with Gasteiger partial charge in [-0.05, 0) is 12.1 Å². The summed E-state index contributed by atoms with van der Waals surface area (Å²) in [6.07, 6.45) is -4.30. The summed E-state index contributed by atoms with van der Waals surface area (Å²) in [6, 6.07) is 4.08. The van der Waals surface area contributed by atoms with Gasteiger partial charge in [-0.25, -0.2) is 0 Å². The van der Waals surface area contributed by atoms with Crippen LogP contribution in [-0.2, 0) is 6.18 Å². The second-order valence-electron chi connectivity index (χ2n) is 3.10. The number of alkyl halides is 3. The second kappa shape index (κ2) is 3.75. The quantitative estimate of drug-likeness (QED) is 0.698. The van der Waals surface area contributed by atoms with Crippen molar-refractivity contribution in [3.8, 4) is 0 Å². The van der Waals surface area contributed by atoms with Crippen molar-refractivity contribution in [3.63, 3.8) is 0 Å². The number of fused-ring (bicyclic) bond motifs is 1. The molecule has 0 aliphatic heterocycles. The van der Waals surface area contributed by atoms with Gasteiger partial charge in [0.15, 0.2) is 6.29 Å². The molecule has 1 heterocycles. The number of hydrogen-bond acceptors (Lipinski definition) is 2. The minimum atomic E-state index is -4.53. The Morgan fingerprint density at radius 3 is 2.56 bits per heavy atom. The van der Waals surface area contributed by atoms with E-state index in [2.05, 4.69) is 0 Å². The highest BCUT2D eigenvalue weighted by atomic mass is 35.5. The SMILES string of the molecule is O=Cc1sc2cc(Cl)ccc2c1C(F)(F)F. The van der Waals surface area contributed by atoms with Gasteiger partial charge < -0.3 is 0 Å². The Balaban J connectivity index is 2.84. The van der Waals surface area contributed by atoms with Crippen molar-refractivity contribution in [1.82, 2.24) is 0 Å². The molecule has 1 aromatic heterocycles. The summed E-state index contributed by atoms with van der Waals surface area (Å²) in [5.74, 6) is 0.